The van der Waals surface area contributed by atoms with E-state index in [4.69, 9.17) is 0 Å². The Kier molecular flexibility index (Phi) is 1.93. The molecule has 0 atom stereocenters. The third kappa shape index (κ3) is 1.35. The molecule has 0 saturated heterocycles. The molecule has 0 spiro atoms. The Morgan fingerprint density at radius 1 is 1.06 bits per heavy atom. The summed E-state index contributed by atoms with van der Waals surface area (Å²) in [6.45, 7) is 0. The van der Waals surface area contributed by atoms with E-state index in [0.717, 1.165) is 22.2 Å². The van der Waals surface area contributed by atoms with Gasteiger partial charge in [0.25, 0.3) is 0 Å². The summed E-state index contributed by atoms with van der Waals surface area (Å²) in [5.74, 6) is -0.245. The number of nitrogens with one attached hydrogen (secondary N) is 1. The summed E-state index contributed by atoms with van der Waals surface area (Å²) in [5, 5.41) is 0. The number of nitrogens with zero attached hydrogens (tertiary/aromatic N) is 2. The van der Waals surface area contributed by atoms with Crippen molar-refractivity contribution in [3.05, 3.63) is 48.8 Å². The van der Waals surface area contributed by atoms with Crippen LogP contribution in [0.4, 0.5) is 4.39 Å². The minimum Gasteiger partial charge on any atom is -0.343 e. The molecule has 0 fully saturated rings. The van der Waals surface area contributed by atoms with Gasteiger partial charge in [0.15, 0.2) is 0 Å². The van der Waals surface area contributed by atoms with Crippen molar-refractivity contribution in [1.82, 2.24) is 15.0 Å². The Bertz CT molecular complexity index is 628. The van der Waals surface area contributed by atoms with Crippen molar-refractivity contribution in [2.45, 2.75) is 0 Å². The minimum absolute atomic E-state index is 0.245. The summed E-state index contributed by atoms with van der Waals surface area (Å²) in [6.07, 6.45) is 5.07. The average molecular weight is 213 g/mol. The number of aromatic amines is 1. The maximum atomic E-state index is 12.8. The fourth-order valence-corrected chi connectivity index (χ4v) is 1.71. The highest BCUT2D eigenvalue weighted by Crippen LogP contribution is 2.25. The molecule has 0 bridgehead atoms. The van der Waals surface area contributed by atoms with E-state index in [1.54, 1.807) is 30.9 Å². The lowest BCUT2D eigenvalue weighted by Crippen LogP contribution is -1.83. The highest BCUT2D eigenvalue weighted by Gasteiger charge is 2.06. The zero-order chi connectivity index (χ0) is 11.0. The fourth-order valence-electron chi connectivity index (χ4n) is 1.71. The van der Waals surface area contributed by atoms with Gasteiger partial charge in [-0.25, -0.2) is 9.37 Å². The van der Waals surface area contributed by atoms with Crippen LogP contribution in [0.3, 0.4) is 0 Å². The van der Waals surface area contributed by atoms with Gasteiger partial charge < -0.3 is 4.98 Å². The van der Waals surface area contributed by atoms with Crippen molar-refractivity contribution >= 4 is 11.0 Å². The summed E-state index contributed by atoms with van der Waals surface area (Å²) in [4.78, 5) is 11.3. The zero-order valence-corrected chi connectivity index (χ0v) is 8.31. The first-order valence-corrected chi connectivity index (χ1v) is 4.87. The monoisotopic (exact) mass is 213 g/mol. The molecule has 0 amide bonds. The van der Waals surface area contributed by atoms with Crippen LogP contribution in [0.25, 0.3) is 22.2 Å². The van der Waals surface area contributed by atoms with E-state index in [1.807, 2.05) is 0 Å². The molecule has 0 aliphatic heterocycles. The molecule has 4 heteroatoms. The third-order valence-electron chi connectivity index (χ3n) is 2.49. The Balaban J connectivity index is 2.25. The zero-order valence-electron chi connectivity index (χ0n) is 8.31. The number of imidazole rings is 1. The summed E-state index contributed by atoms with van der Waals surface area (Å²) < 4.78 is 12.8. The Morgan fingerprint density at radius 2 is 1.88 bits per heavy atom. The molecule has 0 aliphatic carbocycles. The quantitative estimate of drug-likeness (QED) is 0.675. The van der Waals surface area contributed by atoms with E-state index in [1.165, 1.54) is 12.1 Å². The van der Waals surface area contributed by atoms with Crippen LogP contribution in [0.1, 0.15) is 0 Å². The van der Waals surface area contributed by atoms with E-state index in [0.29, 0.717) is 0 Å². The first-order valence-electron chi connectivity index (χ1n) is 4.87. The highest BCUT2D eigenvalue weighted by atomic mass is 19.1. The number of hydrogen-bond acceptors (Lipinski definition) is 2. The van der Waals surface area contributed by atoms with E-state index < -0.39 is 0 Å². The summed E-state index contributed by atoms with van der Waals surface area (Å²) in [7, 11) is 0. The third-order valence-corrected chi connectivity index (χ3v) is 2.49. The van der Waals surface area contributed by atoms with Gasteiger partial charge in [0.1, 0.15) is 5.82 Å². The van der Waals surface area contributed by atoms with Crippen molar-refractivity contribution in [3.63, 3.8) is 0 Å². The van der Waals surface area contributed by atoms with Gasteiger partial charge in [-0.2, -0.15) is 0 Å². The number of halogens is 1. The number of benzene rings is 1. The maximum absolute atomic E-state index is 12.8. The lowest BCUT2D eigenvalue weighted by molar-refractivity contribution is 0.628. The number of H-pyrrole nitrogens is 1. The molecule has 78 valence electrons. The first kappa shape index (κ1) is 9.03. The van der Waals surface area contributed by atoms with Gasteiger partial charge in [0.05, 0.1) is 23.6 Å². The molecule has 1 aromatic carbocycles. The van der Waals surface area contributed by atoms with Gasteiger partial charge >= 0.3 is 0 Å². The SMILES string of the molecule is Fc1ccc(-c2cncc3[nH]cnc23)cc1. The van der Waals surface area contributed by atoms with Gasteiger partial charge in [-0.1, -0.05) is 12.1 Å². The van der Waals surface area contributed by atoms with Crippen molar-refractivity contribution in [1.29, 1.82) is 0 Å². The molecule has 1 N–H and O–H groups in total. The second-order valence-electron chi connectivity index (χ2n) is 3.49. The molecule has 3 aromatic rings. The second kappa shape index (κ2) is 3.41. The number of pyridine rings is 1. The smallest absolute Gasteiger partial charge is 0.123 e. The van der Waals surface area contributed by atoms with E-state index >= 15 is 0 Å². The predicted octanol–water partition coefficient (Wildman–Crippen LogP) is 2.76. The molecule has 3 nitrogen and oxygen atoms in total. The molecular weight excluding hydrogens is 205 g/mol. The molecule has 16 heavy (non-hydrogen) atoms. The van der Waals surface area contributed by atoms with E-state index in [9.17, 15) is 4.39 Å². The lowest BCUT2D eigenvalue weighted by Gasteiger charge is -2.01. The van der Waals surface area contributed by atoms with Gasteiger partial charge in [-0.3, -0.25) is 4.98 Å². The maximum Gasteiger partial charge on any atom is 0.123 e. The standard InChI is InChI=1S/C12H8FN3/c13-9-3-1-8(2-4-9)10-5-14-6-11-12(10)16-7-15-11/h1-7H,(H,15,16). The minimum atomic E-state index is -0.245. The largest absolute Gasteiger partial charge is 0.343 e. The number of fused-ring (bicyclic) bond motifs is 1. The average Bonchev–Trinajstić information content (AvgIpc) is 2.78. The molecule has 2 aromatic heterocycles. The Labute approximate surface area is 91.0 Å². The first-order chi connectivity index (χ1) is 7.84. The Morgan fingerprint density at radius 3 is 2.69 bits per heavy atom. The second-order valence-corrected chi connectivity index (χ2v) is 3.49. The van der Waals surface area contributed by atoms with Crippen LogP contribution in [0.2, 0.25) is 0 Å². The van der Waals surface area contributed by atoms with Crippen LogP contribution in [0, 0.1) is 5.82 Å². The van der Waals surface area contributed by atoms with Crippen molar-refractivity contribution in [3.8, 4) is 11.1 Å². The number of hydrogen-bond donors (Lipinski definition) is 1. The van der Waals surface area contributed by atoms with E-state index in [2.05, 4.69) is 15.0 Å². The van der Waals surface area contributed by atoms with Crippen LogP contribution in [0.15, 0.2) is 43.0 Å². The lowest BCUT2D eigenvalue weighted by atomic mass is 10.1. The molecular formula is C12H8FN3. The number of aromatic nitrogens is 3. The summed E-state index contributed by atoms with van der Waals surface area (Å²) >= 11 is 0. The molecule has 0 unspecified atom stereocenters. The van der Waals surface area contributed by atoms with Crippen molar-refractivity contribution in [2.24, 2.45) is 0 Å². The van der Waals surface area contributed by atoms with Gasteiger partial charge in [0.2, 0.25) is 0 Å². The van der Waals surface area contributed by atoms with Crippen molar-refractivity contribution in [2.75, 3.05) is 0 Å². The van der Waals surface area contributed by atoms with Gasteiger partial charge in [-0.15, -0.1) is 0 Å². The van der Waals surface area contributed by atoms with Crippen LogP contribution in [-0.2, 0) is 0 Å². The number of rotatable bonds is 1. The van der Waals surface area contributed by atoms with Crippen molar-refractivity contribution < 1.29 is 4.39 Å². The van der Waals surface area contributed by atoms with Gasteiger partial charge in [-0.05, 0) is 17.7 Å². The van der Waals surface area contributed by atoms with Crippen LogP contribution >= 0.6 is 0 Å². The molecule has 0 aliphatic rings. The summed E-state index contributed by atoms with van der Waals surface area (Å²) in [6, 6.07) is 6.31. The van der Waals surface area contributed by atoms with Gasteiger partial charge in [0, 0.05) is 11.8 Å². The van der Waals surface area contributed by atoms with E-state index in [-0.39, 0.29) is 5.82 Å². The molecule has 0 saturated carbocycles. The molecule has 2 heterocycles. The highest BCUT2D eigenvalue weighted by molar-refractivity contribution is 5.90. The topological polar surface area (TPSA) is 41.6 Å². The normalized spacial score (nSPS) is 10.8. The van der Waals surface area contributed by atoms with Crippen LogP contribution in [-0.4, -0.2) is 15.0 Å². The summed E-state index contributed by atoms with van der Waals surface area (Å²) in [5.41, 5.74) is 3.54. The van der Waals surface area contributed by atoms with Crippen LogP contribution in [0.5, 0.6) is 0 Å². The fraction of sp³-hybridized carbons (Fsp3) is 0. The molecule has 3 rings (SSSR count). The van der Waals surface area contributed by atoms with Crippen LogP contribution < -0.4 is 0 Å². The Hall–Kier alpha value is -2.23. The molecule has 0 radical (unpaired) electrons. The predicted molar refractivity (Wildman–Crippen MR) is 59.3 cm³/mol.